The molecule has 0 atom stereocenters. The predicted molar refractivity (Wildman–Crippen MR) is 58.9 cm³/mol. The number of aliphatic hydroxyl groups excluding tert-OH is 1. The van der Waals surface area contributed by atoms with Gasteiger partial charge < -0.3 is 9.84 Å². The Balaban J connectivity index is 3.39. The first-order valence-corrected chi connectivity index (χ1v) is 4.57. The van der Waals surface area contributed by atoms with Crippen LogP contribution in [0.1, 0.15) is 22.3 Å². The maximum Gasteiger partial charge on any atom is 0.124 e. The summed E-state index contributed by atoms with van der Waals surface area (Å²) >= 11 is 0. The standard InChI is InChI=1S/C12H16O2/c1-8-7-11(5-6-13)9(2)10(3)12(8)14-4/h5-7,13H,1-4H3. The van der Waals surface area contributed by atoms with Gasteiger partial charge in [-0.05, 0) is 55.2 Å². The maximum atomic E-state index is 8.74. The molecule has 0 aromatic heterocycles. The van der Waals surface area contributed by atoms with E-state index in [9.17, 15) is 0 Å². The van der Waals surface area contributed by atoms with Crippen molar-refractivity contribution in [2.75, 3.05) is 7.11 Å². The van der Waals surface area contributed by atoms with Gasteiger partial charge >= 0.3 is 0 Å². The first-order valence-electron chi connectivity index (χ1n) is 4.57. The van der Waals surface area contributed by atoms with E-state index in [2.05, 4.69) is 0 Å². The number of hydrogen-bond acceptors (Lipinski definition) is 2. The zero-order chi connectivity index (χ0) is 10.7. The van der Waals surface area contributed by atoms with Gasteiger partial charge in [-0.25, -0.2) is 0 Å². The van der Waals surface area contributed by atoms with E-state index < -0.39 is 0 Å². The molecule has 0 aliphatic heterocycles. The molecule has 0 saturated heterocycles. The van der Waals surface area contributed by atoms with E-state index in [1.54, 1.807) is 13.2 Å². The Labute approximate surface area is 84.8 Å². The van der Waals surface area contributed by atoms with Crippen molar-refractivity contribution < 1.29 is 9.84 Å². The number of benzene rings is 1. The van der Waals surface area contributed by atoms with Crippen LogP contribution in [-0.4, -0.2) is 12.2 Å². The molecule has 0 saturated carbocycles. The summed E-state index contributed by atoms with van der Waals surface area (Å²) in [5, 5.41) is 8.74. The molecule has 0 unspecified atom stereocenters. The first-order chi connectivity index (χ1) is 6.61. The van der Waals surface area contributed by atoms with Crippen molar-refractivity contribution >= 4 is 6.08 Å². The second-order valence-corrected chi connectivity index (χ2v) is 3.38. The molecular weight excluding hydrogens is 176 g/mol. The summed E-state index contributed by atoms with van der Waals surface area (Å²) < 4.78 is 5.30. The Kier molecular flexibility index (Phi) is 3.18. The van der Waals surface area contributed by atoms with Gasteiger partial charge in [0.15, 0.2) is 0 Å². The van der Waals surface area contributed by atoms with Gasteiger partial charge in [0.2, 0.25) is 0 Å². The molecule has 0 amide bonds. The molecule has 1 N–H and O–H groups in total. The molecule has 0 radical (unpaired) electrons. The molecule has 0 bridgehead atoms. The maximum absolute atomic E-state index is 8.74. The molecule has 0 fully saturated rings. The molecule has 76 valence electrons. The Morgan fingerprint density at radius 2 is 1.86 bits per heavy atom. The molecule has 2 heteroatoms. The lowest BCUT2D eigenvalue weighted by molar-refractivity contribution is 0.408. The summed E-state index contributed by atoms with van der Waals surface area (Å²) in [5.41, 5.74) is 4.38. The average Bonchev–Trinajstić information content (AvgIpc) is 2.15. The molecule has 14 heavy (non-hydrogen) atoms. The number of aryl methyl sites for hydroxylation is 1. The SMILES string of the molecule is COc1c(C)cc(C=CO)c(C)c1C. The Hall–Kier alpha value is -1.44. The summed E-state index contributed by atoms with van der Waals surface area (Å²) in [7, 11) is 1.68. The lowest BCUT2D eigenvalue weighted by Gasteiger charge is -2.13. The number of methoxy groups -OCH3 is 1. The van der Waals surface area contributed by atoms with E-state index >= 15 is 0 Å². The lowest BCUT2D eigenvalue weighted by atomic mass is 9.99. The van der Waals surface area contributed by atoms with E-state index in [0.29, 0.717) is 0 Å². The second kappa shape index (κ2) is 4.18. The highest BCUT2D eigenvalue weighted by molar-refractivity contribution is 5.60. The summed E-state index contributed by atoms with van der Waals surface area (Å²) in [6.07, 6.45) is 2.75. The van der Waals surface area contributed by atoms with Crippen LogP contribution in [-0.2, 0) is 0 Å². The van der Waals surface area contributed by atoms with Crippen molar-refractivity contribution in [2.45, 2.75) is 20.8 Å². The van der Waals surface area contributed by atoms with E-state index in [4.69, 9.17) is 9.84 Å². The van der Waals surface area contributed by atoms with Crippen LogP contribution >= 0.6 is 0 Å². The Morgan fingerprint density at radius 3 is 2.36 bits per heavy atom. The molecular formula is C12H16O2. The van der Waals surface area contributed by atoms with E-state index in [-0.39, 0.29) is 0 Å². The van der Waals surface area contributed by atoms with Crippen LogP contribution < -0.4 is 4.74 Å². The van der Waals surface area contributed by atoms with E-state index in [1.807, 2.05) is 26.8 Å². The number of hydrogen-bond donors (Lipinski definition) is 1. The van der Waals surface area contributed by atoms with Gasteiger partial charge in [-0.15, -0.1) is 0 Å². The van der Waals surface area contributed by atoms with E-state index in [0.717, 1.165) is 34.3 Å². The summed E-state index contributed by atoms with van der Waals surface area (Å²) in [5.74, 6) is 0.928. The van der Waals surface area contributed by atoms with Gasteiger partial charge in [0.05, 0.1) is 13.4 Å². The van der Waals surface area contributed by atoms with Crippen LogP contribution in [0, 0.1) is 20.8 Å². The topological polar surface area (TPSA) is 29.5 Å². The zero-order valence-corrected chi connectivity index (χ0v) is 9.09. The quantitative estimate of drug-likeness (QED) is 0.729. The second-order valence-electron chi connectivity index (χ2n) is 3.38. The molecule has 0 heterocycles. The van der Waals surface area contributed by atoms with Crippen LogP contribution in [0.25, 0.3) is 6.08 Å². The highest BCUT2D eigenvalue weighted by atomic mass is 16.5. The van der Waals surface area contributed by atoms with Gasteiger partial charge in [-0.2, -0.15) is 0 Å². The minimum absolute atomic E-state index is 0.928. The molecule has 0 spiro atoms. The minimum Gasteiger partial charge on any atom is -0.516 e. The third kappa shape index (κ3) is 1.74. The van der Waals surface area contributed by atoms with Crippen molar-refractivity contribution in [2.24, 2.45) is 0 Å². The first kappa shape index (κ1) is 10.6. The fourth-order valence-electron chi connectivity index (χ4n) is 1.66. The van der Waals surface area contributed by atoms with Crippen LogP contribution in [0.2, 0.25) is 0 Å². The molecule has 1 rings (SSSR count). The molecule has 0 aliphatic rings. The predicted octanol–water partition coefficient (Wildman–Crippen LogP) is 3.15. The van der Waals surface area contributed by atoms with Crippen LogP contribution in [0.4, 0.5) is 0 Å². The summed E-state index contributed by atoms with van der Waals surface area (Å²) in [4.78, 5) is 0. The van der Waals surface area contributed by atoms with Gasteiger partial charge in [-0.1, -0.05) is 0 Å². The van der Waals surface area contributed by atoms with Gasteiger partial charge in [0.1, 0.15) is 5.75 Å². The van der Waals surface area contributed by atoms with Gasteiger partial charge in [-0.3, -0.25) is 0 Å². The highest BCUT2D eigenvalue weighted by Gasteiger charge is 2.08. The molecule has 1 aromatic carbocycles. The van der Waals surface area contributed by atoms with Gasteiger partial charge in [0, 0.05) is 0 Å². The number of aliphatic hydroxyl groups is 1. The Bertz CT molecular complexity index is 365. The lowest BCUT2D eigenvalue weighted by Crippen LogP contribution is -1.96. The fraction of sp³-hybridized carbons (Fsp3) is 0.333. The smallest absolute Gasteiger partial charge is 0.124 e. The summed E-state index contributed by atoms with van der Waals surface area (Å²) in [6.45, 7) is 6.04. The zero-order valence-electron chi connectivity index (χ0n) is 9.09. The fourth-order valence-corrected chi connectivity index (χ4v) is 1.66. The van der Waals surface area contributed by atoms with Crippen molar-refractivity contribution in [3.8, 4) is 5.75 Å². The van der Waals surface area contributed by atoms with Gasteiger partial charge in [0.25, 0.3) is 0 Å². The Morgan fingerprint density at radius 1 is 1.21 bits per heavy atom. The molecule has 2 nitrogen and oxygen atoms in total. The van der Waals surface area contributed by atoms with Crippen molar-refractivity contribution in [3.63, 3.8) is 0 Å². The minimum atomic E-state index is 0.928. The van der Waals surface area contributed by atoms with Crippen LogP contribution in [0.3, 0.4) is 0 Å². The van der Waals surface area contributed by atoms with Crippen LogP contribution in [0.5, 0.6) is 5.75 Å². The molecule has 0 aliphatic carbocycles. The number of rotatable bonds is 2. The van der Waals surface area contributed by atoms with Crippen molar-refractivity contribution in [3.05, 3.63) is 34.6 Å². The summed E-state index contributed by atoms with van der Waals surface area (Å²) in [6, 6.07) is 2.01. The monoisotopic (exact) mass is 192 g/mol. The number of ether oxygens (including phenoxy) is 1. The average molecular weight is 192 g/mol. The third-order valence-corrected chi connectivity index (χ3v) is 2.52. The van der Waals surface area contributed by atoms with Crippen molar-refractivity contribution in [1.82, 2.24) is 0 Å². The van der Waals surface area contributed by atoms with Crippen LogP contribution in [0.15, 0.2) is 12.3 Å². The largest absolute Gasteiger partial charge is 0.516 e. The third-order valence-electron chi connectivity index (χ3n) is 2.52. The normalized spacial score (nSPS) is 10.9. The van der Waals surface area contributed by atoms with E-state index in [1.165, 1.54) is 0 Å². The highest BCUT2D eigenvalue weighted by Crippen LogP contribution is 2.28. The van der Waals surface area contributed by atoms with Crippen molar-refractivity contribution in [1.29, 1.82) is 0 Å². The molecule has 1 aromatic rings.